The van der Waals surface area contributed by atoms with E-state index in [1.54, 1.807) is 14.2 Å². The van der Waals surface area contributed by atoms with Crippen molar-refractivity contribution in [2.45, 2.75) is 25.0 Å². The number of amides is 1. The molecular weight excluding hydrogens is 220 g/mol. The zero-order valence-corrected chi connectivity index (χ0v) is 10.6. The van der Waals surface area contributed by atoms with Crippen LogP contribution < -0.4 is 5.32 Å². The third-order valence-electron chi connectivity index (χ3n) is 3.72. The fraction of sp³-hybridized carbons (Fsp3) is 0.917. The van der Waals surface area contributed by atoms with E-state index >= 15 is 0 Å². The first-order valence-corrected chi connectivity index (χ1v) is 6.28. The molecule has 3 atom stereocenters. The molecule has 5 nitrogen and oxygen atoms in total. The van der Waals surface area contributed by atoms with Gasteiger partial charge in [-0.15, -0.1) is 0 Å². The maximum atomic E-state index is 12.2. The zero-order valence-electron chi connectivity index (χ0n) is 10.6. The molecule has 2 aliphatic rings. The topological polar surface area (TPSA) is 50.8 Å². The minimum atomic E-state index is -0.0544. The first-order valence-electron chi connectivity index (χ1n) is 6.28. The number of carbonyl (C=O) groups is 1. The Bertz CT molecular complexity index is 272. The van der Waals surface area contributed by atoms with E-state index in [0.29, 0.717) is 5.92 Å². The zero-order chi connectivity index (χ0) is 12.3. The second kappa shape index (κ2) is 5.80. The van der Waals surface area contributed by atoms with Crippen molar-refractivity contribution in [1.29, 1.82) is 0 Å². The van der Waals surface area contributed by atoms with E-state index in [1.165, 1.54) is 0 Å². The molecule has 0 radical (unpaired) electrons. The van der Waals surface area contributed by atoms with Gasteiger partial charge in [0.05, 0.1) is 18.8 Å². The molecule has 5 heteroatoms. The Labute approximate surface area is 102 Å². The first kappa shape index (κ1) is 12.8. The number of nitrogens with zero attached hydrogens (tertiary/aromatic N) is 1. The number of likely N-dealkylation sites (tertiary alicyclic amines) is 1. The van der Waals surface area contributed by atoms with Gasteiger partial charge in [-0.2, -0.15) is 0 Å². The predicted octanol–water partition coefficient (Wildman–Crippen LogP) is -0.142. The second-order valence-electron chi connectivity index (χ2n) is 4.95. The van der Waals surface area contributed by atoms with Crippen molar-refractivity contribution in [3.63, 3.8) is 0 Å². The molecule has 98 valence electrons. The highest BCUT2D eigenvalue weighted by molar-refractivity contribution is 5.82. The van der Waals surface area contributed by atoms with Crippen LogP contribution in [-0.4, -0.2) is 63.4 Å². The summed E-state index contributed by atoms with van der Waals surface area (Å²) in [6.07, 6.45) is 2.03. The normalized spacial score (nSPS) is 33.3. The lowest BCUT2D eigenvalue weighted by Crippen LogP contribution is -2.42. The van der Waals surface area contributed by atoms with E-state index in [2.05, 4.69) is 5.32 Å². The Morgan fingerprint density at radius 3 is 2.94 bits per heavy atom. The average Bonchev–Trinajstić information content (AvgIpc) is 2.97. The first-order chi connectivity index (χ1) is 8.24. The molecule has 0 spiro atoms. The number of hydrogen-bond acceptors (Lipinski definition) is 4. The second-order valence-corrected chi connectivity index (χ2v) is 4.95. The van der Waals surface area contributed by atoms with Crippen LogP contribution in [0, 0.1) is 5.92 Å². The number of methoxy groups -OCH3 is 2. The van der Waals surface area contributed by atoms with Crippen molar-refractivity contribution < 1.29 is 14.3 Å². The third kappa shape index (κ3) is 2.97. The van der Waals surface area contributed by atoms with Crippen LogP contribution in [-0.2, 0) is 14.3 Å². The number of ether oxygens (including phenoxy) is 2. The van der Waals surface area contributed by atoms with E-state index in [9.17, 15) is 4.79 Å². The molecule has 2 aliphatic heterocycles. The van der Waals surface area contributed by atoms with Gasteiger partial charge >= 0.3 is 0 Å². The van der Waals surface area contributed by atoms with Gasteiger partial charge < -0.3 is 19.7 Å². The van der Waals surface area contributed by atoms with Crippen LogP contribution >= 0.6 is 0 Å². The van der Waals surface area contributed by atoms with E-state index < -0.39 is 0 Å². The molecule has 1 amide bonds. The largest absolute Gasteiger partial charge is 0.384 e. The molecule has 0 aromatic rings. The van der Waals surface area contributed by atoms with Crippen molar-refractivity contribution in [3.05, 3.63) is 0 Å². The van der Waals surface area contributed by atoms with Crippen LogP contribution in [0.5, 0.6) is 0 Å². The van der Waals surface area contributed by atoms with Gasteiger partial charge in [-0.25, -0.2) is 0 Å². The molecule has 3 unspecified atom stereocenters. The number of nitrogens with one attached hydrogen (secondary N) is 1. The van der Waals surface area contributed by atoms with Gasteiger partial charge in [0.1, 0.15) is 0 Å². The highest BCUT2D eigenvalue weighted by Gasteiger charge is 2.35. The van der Waals surface area contributed by atoms with Crippen molar-refractivity contribution in [2.75, 3.05) is 40.5 Å². The smallest absolute Gasteiger partial charge is 0.239 e. The molecule has 2 fully saturated rings. The van der Waals surface area contributed by atoms with Gasteiger partial charge in [0, 0.05) is 39.8 Å². The summed E-state index contributed by atoms with van der Waals surface area (Å²) in [5.41, 5.74) is 0. The minimum absolute atomic E-state index is 0.0544. The van der Waals surface area contributed by atoms with Crippen LogP contribution in [0.4, 0.5) is 0 Å². The highest BCUT2D eigenvalue weighted by Crippen LogP contribution is 2.20. The molecule has 17 heavy (non-hydrogen) atoms. The Kier molecular flexibility index (Phi) is 4.36. The van der Waals surface area contributed by atoms with Gasteiger partial charge in [-0.3, -0.25) is 4.79 Å². The maximum absolute atomic E-state index is 12.2. The molecule has 0 bridgehead atoms. The quantitative estimate of drug-likeness (QED) is 0.745. The van der Waals surface area contributed by atoms with E-state index in [1.807, 2.05) is 4.90 Å². The van der Waals surface area contributed by atoms with Crippen LogP contribution in [0.15, 0.2) is 0 Å². The van der Waals surface area contributed by atoms with Gasteiger partial charge in [0.15, 0.2) is 0 Å². The summed E-state index contributed by atoms with van der Waals surface area (Å²) in [6.45, 7) is 3.23. The lowest BCUT2D eigenvalue weighted by atomic mass is 10.1. The Balaban J connectivity index is 1.81. The third-order valence-corrected chi connectivity index (χ3v) is 3.72. The molecule has 0 aliphatic carbocycles. The van der Waals surface area contributed by atoms with Gasteiger partial charge in [0.2, 0.25) is 5.91 Å². The molecule has 2 rings (SSSR count). The SMILES string of the molecule is COCC1CCN(C(=O)C2CC(OC)CN2)C1. The lowest BCUT2D eigenvalue weighted by Gasteiger charge is -2.20. The molecule has 0 aromatic heterocycles. The van der Waals surface area contributed by atoms with Gasteiger partial charge in [-0.05, 0) is 12.8 Å². The number of hydrogen-bond donors (Lipinski definition) is 1. The summed E-state index contributed by atoms with van der Waals surface area (Å²) in [5.74, 6) is 0.728. The average molecular weight is 242 g/mol. The van der Waals surface area contributed by atoms with Crippen molar-refractivity contribution in [1.82, 2.24) is 10.2 Å². The monoisotopic (exact) mass is 242 g/mol. The van der Waals surface area contributed by atoms with Crippen LogP contribution in [0.25, 0.3) is 0 Å². The van der Waals surface area contributed by atoms with Crippen molar-refractivity contribution in [3.8, 4) is 0 Å². The van der Waals surface area contributed by atoms with Crippen molar-refractivity contribution >= 4 is 5.91 Å². The van der Waals surface area contributed by atoms with E-state index in [-0.39, 0.29) is 18.1 Å². The fourth-order valence-corrected chi connectivity index (χ4v) is 2.70. The summed E-state index contributed by atoms with van der Waals surface area (Å²) >= 11 is 0. The summed E-state index contributed by atoms with van der Waals surface area (Å²) in [5, 5.41) is 3.23. The fourth-order valence-electron chi connectivity index (χ4n) is 2.70. The molecule has 0 aromatic carbocycles. The maximum Gasteiger partial charge on any atom is 0.239 e. The minimum Gasteiger partial charge on any atom is -0.384 e. The predicted molar refractivity (Wildman–Crippen MR) is 63.8 cm³/mol. The number of carbonyl (C=O) groups excluding carboxylic acids is 1. The Morgan fingerprint density at radius 2 is 2.29 bits per heavy atom. The van der Waals surface area contributed by atoms with Crippen LogP contribution in [0.3, 0.4) is 0 Å². The molecule has 1 N–H and O–H groups in total. The number of rotatable bonds is 4. The molecule has 2 heterocycles. The molecule has 2 saturated heterocycles. The van der Waals surface area contributed by atoms with Crippen LogP contribution in [0.1, 0.15) is 12.8 Å². The molecule has 0 saturated carbocycles. The summed E-state index contributed by atoms with van der Waals surface area (Å²) in [6, 6.07) is -0.0544. The summed E-state index contributed by atoms with van der Waals surface area (Å²) in [4.78, 5) is 14.2. The standard InChI is InChI=1S/C12H22N2O3/c1-16-8-9-3-4-14(7-9)12(15)11-5-10(17-2)6-13-11/h9-11,13H,3-8H2,1-2H3. The molecular formula is C12H22N2O3. The highest BCUT2D eigenvalue weighted by atomic mass is 16.5. The Hall–Kier alpha value is -0.650. The van der Waals surface area contributed by atoms with E-state index in [0.717, 1.165) is 39.1 Å². The van der Waals surface area contributed by atoms with Gasteiger partial charge in [0.25, 0.3) is 0 Å². The Morgan fingerprint density at radius 1 is 1.47 bits per heavy atom. The van der Waals surface area contributed by atoms with Crippen LogP contribution in [0.2, 0.25) is 0 Å². The lowest BCUT2D eigenvalue weighted by molar-refractivity contribution is -0.132. The summed E-state index contributed by atoms with van der Waals surface area (Å²) in [7, 11) is 3.41. The van der Waals surface area contributed by atoms with Crippen molar-refractivity contribution in [2.24, 2.45) is 5.92 Å². The summed E-state index contributed by atoms with van der Waals surface area (Å²) < 4.78 is 10.4. The van der Waals surface area contributed by atoms with E-state index in [4.69, 9.17) is 9.47 Å². The van der Waals surface area contributed by atoms with Gasteiger partial charge in [-0.1, -0.05) is 0 Å².